The molecule has 1 atom stereocenters. The largest absolute Gasteiger partial charge is 0.481 e. The molecule has 5 nitrogen and oxygen atoms in total. The van der Waals surface area contributed by atoms with Crippen molar-refractivity contribution < 1.29 is 18.3 Å². The maximum atomic E-state index is 11.9. The van der Waals surface area contributed by atoms with Crippen LogP contribution in [0.4, 0.5) is 0 Å². The zero-order valence-electron chi connectivity index (χ0n) is 9.35. The summed E-state index contributed by atoms with van der Waals surface area (Å²) >= 11 is 6.37. The van der Waals surface area contributed by atoms with E-state index in [1.807, 2.05) is 0 Å². The highest BCUT2D eigenvalue weighted by molar-refractivity contribution is 9.11. The molecule has 1 aromatic carbocycles. The summed E-state index contributed by atoms with van der Waals surface area (Å²) < 4.78 is 27.3. The fourth-order valence-electron chi connectivity index (χ4n) is 1.09. The highest BCUT2D eigenvalue weighted by Crippen LogP contribution is 2.25. The summed E-state index contributed by atoms with van der Waals surface area (Å²) in [5.74, 6) is -1.83. The number of hydrogen-bond acceptors (Lipinski definition) is 3. The summed E-state index contributed by atoms with van der Waals surface area (Å²) in [7, 11) is -3.72. The summed E-state index contributed by atoms with van der Waals surface area (Å²) in [6.45, 7) is 1.28. The molecule has 1 unspecified atom stereocenters. The second-order valence-electron chi connectivity index (χ2n) is 3.67. The minimum atomic E-state index is -3.72. The molecule has 0 saturated heterocycles. The van der Waals surface area contributed by atoms with Crippen molar-refractivity contribution >= 4 is 47.9 Å². The fraction of sp³-hybridized carbons (Fsp3) is 0.300. The summed E-state index contributed by atoms with van der Waals surface area (Å²) in [6, 6.07) is 4.64. The minimum absolute atomic E-state index is 0.0725. The molecule has 2 N–H and O–H groups in total. The van der Waals surface area contributed by atoms with Crippen LogP contribution in [0.15, 0.2) is 32.0 Å². The van der Waals surface area contributed by atoms with Crippen molar-refractivity contribution in [2.75, 3.05) is 6.54 Å². The average molecular weight is 401 g/mol. The summed E-state index contributed by atoms with van der Waals surface area (Å²) in [4.78, 5) is 10.7. The Morgan fingerprint density at radius 1 is 1.44 bits per heavy atom. The van der Waals surface area contributed by atoms with E-state index in [1.54, 1.807) is 12.1 Å². The third-order valence-electron chi connectivity index (χ3n) is 2.18. The Hall–Kier alpha value is -0.440. The van der Waals surface area contributed by atoms with Crippen molar-refractivity contribution in [3.8, 4) is 0 Å². The molecule has 0 radical (unpaired) electrons. The standard InChI is InChI=1S/C10H11Br2NO4S/c1-6(10(14)15)5-13-18(16,17)9-3-2-7(11)4-8(9)12/h2-4,6,13H,5H2,1H3,(H,14,15). The van der Waals surface area contributed by atoms with Crippen LogP contribution in [-0.4, -0.2) is 26.0 Å². The molecule has 0 aliphatic heterocycles. The first-order valence-corrected chi connectivity index (χ1v) is 7.98. The molecule has 100 valence electrons. The molecular weight excluding hydrogens is 390 g/mol. The molecule has 0 aromatic heterocycles. The molecule has 0 amide bonds. The van der Waals surface area contributed by atoms with Gasteiger partial charge in [-0.15, -0.1) is 0 Å². The van der Waals surface area contributed by atoms with Crippen molar-refractivity contribution in [2.24, 2.45) is 5.92 Å². The molecule has 1 aromatic rings. The van der Waals surface area contributed by atoms with E-state index >= 15 is 0 Å². The van der Waals surface area contributed by atoms with Gasteiger partial charge in [-0.2, -0.15) is 0 Å². The van der Waals surface area contributed by atoms with Crippen molar-refractivity contribution in [2.45, 2.75) is 11.8 Å². The van der Waals surface area contributed by atoms with E-state index in [1.165, 1.54) is 13.0 Å². The first-order valence-electron chi connectivity index (χ1n) is 4.91. The van der Waals surface area contributed by atoms with Gasteiger partial charge in [-0.1, -0.05) is 22.9 Å². The van der Waals surface area contributed by atoms with Gasteiger partial charge in [0, 0.05) is 15.5 Å². The van der Waals surface area contributed by atoms with Gasteiger partial charge in [-0.05, 0) is 34.1 Å². The van der Waals surface area contributed by atoms with Crippen LogP contribution < -0.4 is 4.72 Å². The number of sulfonamides is 1. The van der Waals surface area contributed by atoms with Crippen LogP contribution in [0.5, 0.6) is 0 Å². The second-order valence-corrected chi connectivity index (χ2v) is 7.17. The lowest BCUT2D eigenvalue weighted by Gasteiger charge is -2.10. The minimum Gasteiger partial charge on any atom is -0.481 e. The van der Waals surface area contributed by atoms with E-state index < -0.39 is 21.9 Å². The van der Waals surface area contributed by atoms with E-state index in [9.17, 15) is 13.2 Å². The van der Waals surface area contributed by atoms with Gasteiger partial charge >= 0.3 is 5.97 Å². The quantitative estimate of drug-likeness (QED) is 0.793. The van der Waals surface area contributed by atoms with E-state index in [2.05, 4.69) is 36.6 Å². The Labute approximate surface area is 122 Å². The van der Waals surface area contributed by atoms with E-state index in [0.29, 0.717) is 4.47 Å². The number of hydrogen-bond donors (Lipinski definition) is 2. The molecule has 1 rings (SSSR count). The van der Waals surface area contributed by atoms with Crippen LogP contribution in [0.3, 0.4) is 0 Å². The zero-order chi connectivity index (χ0) is 13.9. The van der Waals surface area contributed by atoms with Crippen LogP contribution in [0, 0.1) is 5.92 Å². The molecule has 0 aliphatic carbocycles. The fourth-order valence-corrected chi connectivity index (χ4v) is 3.97. The second kappa shape index (κ2) is 6.14. The lowest BCUT2D eigenvalue weighted by molar-refractivity contribution is -0.140. The predicted molar refractivity (Wildman–Crippen MR) is 73.8 cm³/mol. The van der Waals surface area contributed by atoms with Crippen molar-refractivity contribution in [1.82, 2.24) is 4.72 Å². The first-order chi connectivity index (χ1) is 8.24. The monoisotopic (exact) mass is 399 g/mol. The number of carbonyl (C=O) groups is 1. The third-order valence-corrected chi connectivity index (χ3v) is 5.08. The summed E-state index contributed by atoms with van der Waals surface area (Å²) in [5, 5.41) is 8.69. The molecule has 0 bridgehead atoms. The van der Waals surface area contributed by atoms with E-state index in [0.717, 1.165) is 4.47 Å². The third kappa shape index (κ3) is 4.04. The number of carboxylic acid groups (broad SMARTS) is 1. The molecule has 0 heterocycles. The van der Waals surface area contributed by atoms with Gasteiger partial charge in [-0.25, -0.2) is 13.1 Å². The number of rotatable bonds is 5. The first kappa shape index (κ1) is 15.6. The Bertz CT molecular complexity index is 559. The summed E-state index contributed by atoms with van der Waals surface area (Å²) in [6.07, 6.45) is 0. The maximum Gasteiger partial charge on any atom is 0.307 e. The van der Waals surface area contributed by atoms with E-state index in [-0.39, 0.29) is 11.4 Å². The van der Waals surface area contributed by atoms with E-state index in [4.69, 9.17) is 5.11 Å². The van der Waals surface area contributed by atoms with Gasteiger partial charge in [0.25, 0.3) is 0 Å². The number of halogens is 2. The Morgan fingerprint density at radius 2 is 2.06 bits per heavy atom. The molecule has 0 spiro atoms. The Kier molecular flexibility index (Phi) is 5.32. The molecule has 18 heavy (non-hydrogen) atoms. The number of nitrogens with one attached hydrogen (secondary N) is 1. The van der Waals surface area contributed by atoms with Gasteiger partial charge in [0.05, 0.1) is 10.8 Å². The number of carboxylic acids is 1. The van der Waals surface area contributed by atoms with Gasteiger partial charge in [0.2, 0.25) is 10.0 Å². The summed E-state index contributed by atoms with van der Waals surface area (Å²) in [5.41, 5.74) is 0. The molecule has 8 heteroatoms. The molecular formula is C10H11Br2NO4S. The maximum absolute atomic E-state index is 11.9. The van der Waals surface area contributed by atoms with Crippen molar-refractivity contribution in [3.05, 3.63) is 27.1 Å². The smallest absolute Gasteiger partial charge is 0.307 e. The Balaban J connectivity index is 2.90. The lowest BCUT2D eigenvalue weighted by Crippen LogP contribution is -2.31. The molecule has 0 fully saturated rings. The highest BCUT2D eigenvalue weighted by Gasteiger charge is 2.20. The topological polar surface area (TPSA) is 83.5 Å². The SMILES string of the molecule is CC(CNS(=O)(=O)c1ccc(Br)cc1Br)C(=O)O. The Morgan fingerprint density at radius 3 is 2.56 bits per heavy atom. The normalized spacial score (nSPS) is 13.3. The lowest BCUT2D eigenvalue weighted by atomic mass is 10.2. The zero-order valence-corrected chi connectivity index (χ0v) is 13.3. The van der Waals surface area contributed by atoms with Crippen molar-refractivity contribution in [1.29, 1.82) is 0 Å². The van der Waals surface area contributed by atoms with Crippen LogP contribution in [-0.2, 0) is 14.8 Å². The van der Waals surface area contributed by atoms with Crippen molar-refractivity contribution in [3.63, 3.8) is 0 Å². The predicted octanol–water partition coefficient (Wildman–Crippen LogP) is 2.21. The van der Waals surface area contributed by atoms with Gasteiger partial charge in [-0.3, -0.25) is 4.79 Å². The van der Waals surface area contributed by atoms with Crippen LogP contribution in [0.25, 0.3) is 0 Å². The highest BCUT2D eigenvalue weighted by atomic mass is 79.9. The van der Waals surface area contributed by atoms with Crippen LogP contribution in [0.1, 0.15) is 6.92 Å². The van der Waals surface area contributed by atoms with Gasteiger partial charge in [0.1, 0.15) is 0 Å². The van der Waals surface area contributed by atoms with Gasteiger partial charge < -0.3 is 5.11 Å². The van der Waals surface area contributed by atoms with Crippen LogP contribution in [0.2, 0.25) is 0 Å². The molecule has 0 aliphatic rings. The number of benzene rings is 1. The van der Waals surface area contributed by atoms with Crippen LogP contribution >= 0.6 is 31.9 Å². The average Bonchev–Trinajstić information content (AvgIpc) is 2.25. The molecule has 0 saturated carbocycles. The van der Waals surface area contributed by atoms with Gasteiger partial charge in [0.15, 0.2) is 0 Å². The number of aliphatic carboxylic acids is 1.